The average Bonchev–Trinajstić information content (AvgIpc) is 2.30. The summed E-state index contributed by atoms with van der Waals surface area (Å²) in [6.07, 6.45) is 2.05. The van der Waals surface area contributed by atoms with Crippen LogP contribution in [0.3, 0.4) is 0 Å². The normalized spacial score (nSPS) is 10.3. The van der Waals surface area contributed by atoms with Gasteiger partial charge in [0, 0.05) is 25.4 Å². The molecule has 0 N–H and O–H groups in total. The van der Waals surface area contributed by atoms with Crippen LogP contribution < -0.4 is 5.56 Å². The molecular formula is C13H20N2O2. The highest BCUT2D eigenvalue weighted by Crippen LogP contribution is 1.97. The highest BCUT2D eigenvalue weighted by atomic mass is 16.2. The van der Waals surface area contributed by atoms with Gasteiger partial charge in [-0.15, -0.1) is 0 Å². The van der Waals surface area contributed by atoms with E-state index in [9.17, 15) is 9.59 Å². The van der Waals surface area contributed by atoms with Crippen LogP contribution in [0, 0.1) is 6.92 Å². The SMILES string of the molecule is CCCCN(C)C(=O)Cn1c(C)cccc1=O. The summed E-state index contributed by atoms with van der Waals surface area (Å²) in [5, 5.41) is 0. The van der Waals surface area contributed by atoms with Crippen LogP contribution in [0.2, 0.25) is 0 Å². The fraction of sp³-hybridized carbons (Fsp3) is 0.538. The molecule has 0 aliphatic rings. The van der Waals surface area contributed by atoms with Gasteiger partial charge in [-0.2, -0.15) is 0 Å². The Balaban J connectivity index is 2.71. The lowest BCUT2D eigenvalue weighted by Crippen LogP contribution is -2.35. The van der Waals surface area contributed by atoms with E-state index in [0.717, 1.165) is 25.1 Å². The van der Waals surface area contributed by atoms with Gasteiger partial charge in [-0.3, -0.25) is 9.59 Å². The van der Waals surface area contributed by atoms with E-state index in [-0.39, 0.29) is 18.0 Å². The Hall–Kier alpha value is -1.58. The first kappa shape index (κ1) is 13.5. The van der Waals surface area contributed by atoms with Gasteiger partial charge in [-0.25, -0.2) is 0 Å². The van der Waals surface area contributed by atoms with E-state index in [2.05, 4.69) is 6.92 Å². The van der Waals surface area contributed by atoms with Crippen molar-refractivity contribution >= 4 is 5.91 Å². The molecule has 1 amide bonds. The second kappa shape index (κ2) is 6.23. The van der Waals surface area contributed by atoms with Crippen molar-refractivity contribution < 1.29 is 4.79 Å². The predicted octanol–water partition coefficient (Wildman–Crippen LogP) is 1.42. The minimum atomic E-state index is -0.123. The molecule has 4 nitrogen and oxygen atoms in total. The van der Waals surface area contributed by atoms with Crippen LogP contribution in [-0.4, -0.2) is 29.0 Å². The van der Waals surface area contributed by atoms with Crippen LogP contribution in [0.1, 0.15) is 25.5 Å². The quantitative estimate of drug-likeness (QED) is 0.776. The maximum absolute atomic E-state index is 11.9. The van der Waals surface area contributed by atoms with E-state index >= 15 is 0 Å². The number of pyridine rings is 1. The zero-order chi connectivity index (χ0) is 12.8. The second-order valence-electron chi connectivity index (χ2n) is 4.26. The predicted molar refractivity (Wildman–Crippen MR) is 68.0 cm³/mol. The van der Waals surface area contributed by atoms with E-state index in [0.29, 0.717) is 0 Å². The molecule has 0 saturated carbocycles. The molecule has 0 spiro atoms. The molecule has 94 valence electrons. The molecule has 17 heavy (non-hydrogen) atoms. The third-order valence-corrected chi connectivity index (χ3v) is 2.83. The molecule has 0 saturated heterocycles. The van der Waals surface area contributed by atoms with Gasteiger partial charge in [0.15, 0.2) is 0 Å². The molecule has 1 aromatic rings. The van der Waals surface area contributed by atoms with Crippen molar-refractivity contribution in [2.75, 3.05) is 13.6 Å². The van der Waals surface area contributed by atoms with Gasteiger partial charge in [-0.05, 0) is 19.4 Å². The fourth-order valence-corrected chi connectivity index (χ4v) is 1.60. The first-order valence-corrected chi connectivity index (χ1v) is 5.96. The van der Waals surface area contributed by atoms with Crippen molar-refractivity contribution in [2.24, 2.45) is 0 Å². The summed E-state index contributed by atoms with van der Waals surface area (Å²) in [4.78, 5) is 25.2. The van der Waals surface area contributed by atoms with Crippen molar-refractivity contribution in [3.8, 4) is 0 Å². The van der Waals surface area contributed by atoms with E-state index in [4.69, 9.17) is 0 Å². The summed E-state index contributed by atoms with van der Waals surface area (Å²) in [5.74, 6) is -0.0187. The number of aromatic nitrogens is 1. The number of unbranched alkanes of at least 4 members (excludes halogenated alkanes) is 1. The Labute approximate surface area is 102 Å². The van der Waals surface area contributed by atoms with Gasteiger partial charge in [0.25, 0.3) is 5.56 Å². The number of amides is 1. The maximum atomic E-state index is 11.9. The third kappa shape index (κ3) is 3.73. The number of carbonyl (C=O) groups excluding carboxylic acids is 1. The van der Waals surface area contributed by atoms with E-state index in [1.54, 1.807) is 18.0 Å². The Morgan fingerprint density at radius 1 is 1.41 bits per heavy atom. The van der Waals surface area contributed by atoms with Gasteiger partial charge < -0.3 is 9.47 Å². The zero-order valence-corrected chi connectivity index (χ0v) is 10.8. The van der Waals surface area contributed by atoms with Crippen molar-refractivity contribution in [1.82, 2.24) is 9.47 Å². The molecule has 0 aromatic carbocycles. The van der Waals surface area contributed by atoms with Gasteiger partial charge in [0.05, 0.1) is 0 Å². The lowest BCUT2D eigenvalue weighted by Gasteiger charge is -2.18. The topological polar surface area (TPSA) is 42.3 Å². The molecule has 0 aliphatic heterocycles. The molecule has 1 rings (SSSR count). The lowest BCUT2D eigenvalue weighted by atomic mass is 10.3. The number of likely N-dealkylation sites (N-methyl/N-ethyl adjacent to an activating group) is 1. The number of carbonyl (C=O) groups is 1. The molecular weight excluding hydrogens is 216 g/mol. The summed E-state index contributed by atoms with van der Waals surface area (Å²) in [6.45, 7) is 4.80. The first-order chi connectivity index (χ1) is 8.06. The zero-order valence-electron chi connectivity index (χ0n) is 10.8. The van der Waals surface area contributed by atoms with Crippen molar-refractivity contribution in [2.45, 2.75) is 33.2 Å². The molecule has 0 bridgehead atoms. The van der Waals surface area contributed by atoms with Crippen LogP contribution >= 0.6 is 0 Å². The first-order valence-electron chi connectivity index (χ1n) is 5.96. The van der Waals surface area contributed by atoms with Crippen molar-refractivity contribution in [3.63, 3.8) is 0 Å². The Kier molecular flexibility index (Phi) is 4.94. The summed E-state index contributed by atoms with van der Waals surface area (Å²) >= 11 is 0. The molecule has 0 atom stereocenters. The largest absolute Gasteiger partial charge is 0.344 e. The van der Waals surface area contributed by atoms with E-state index < -0.39 is 0 Å². The van der Waals surface area contributed by atoms with E-state index in [1.807, 2.05) is 13.0 Å². The minimum Gasteiger partial charge on any atom is -0.344 e. The van der Waals surface area contributed by atoms with Gasteiger partial charge in [0.1, 0.15) is 6.54 Å². The second-order valence-corrected chi connectivity index (χ2v) is 4.26. The maximum Gasteiger partial charge on any atom is 0.251 e. The number of hydrogen-bond donors (Lipinski definition) is 0. The van der Waals surface area contributed by atoms with Crippen LogP contribution in [0.4, 0.5) is 0 Å². The average molecular weight is 236 g/mol. The summed E-state index contributed by atoms with van der Waals surface area (Å²) in [7, 11) is 1.78. The molecule has 0 fully saturated rings. The van der Waals surface area contributed by atoms with Crippen LogP contribution in [0.15, 0.2) is 23.0 Å². The fourth-order valence-electron chi connectivity index (χ4n) is 1.60. The monoisotopic (exact) mass is 236 g/mol. The Bertz CT molecular complexity index is 437. The molecule has 4 heteroatoms. The van der Waals surface area contributed by atoms with Crippen LogP contribution in [-0.2, 0) is 11.3 Å². The highest BCUT2D eigenvalue weighted by Gasteiger charge is 2.10. The molecule has 1 aromatic heterocycles. The standard InChI is InChI=1S/C13H20N2O2/c1-4-5-9-14(3)13(17)10-15-11(2)7-6-8-12(15)16/h6-8H,4-5,9-10H2,1-3H3. The van der Waals surface area contributed by atoms with Gasteiger partial charge >= 0.3 is 0 Å². The third-order valence-electron chi connectivity index (χ3n) is 2.83. The number of hydrogen-bond acceptors (Lipinski definition) is 2. The van der Waals surface area contributed by atoms with Gasteiger partial charge in [-0.1, -0.05) is 19.4 Å². The highest BCUT2D eigenvalue weighted by molar-refractivity contribution is 5.75. The van der Waals surface area contributed by atoms with Gasteiger partial charge in [0.2, 0.25) is 5.91 Å². The summed E-state index contributed by atoms with van der Waals surface area (Å²) in [6, 6.07) is 5.02. The van der Waals surface area contributed by atoms with Crippen LogP contribution in [0.25, 0.3) is 0 Å². The molecule has 0 unspecified atom stereocenters. The smallest absolute Gasteiger partial charge is 0.251 e. The van der Waals surface area contributed by atoms with Crippen molar-refractivity contribution in [1.29, 1.82) is 0 Å². The Morgan fingerprint density at radius 3 is 2.71 bits per heavy atom. The number of nitrogens with zero attached hydrogens (tertiary/aromatic N) is 2. The number of rotatable bonds is 5. The minimum absolute atomic E-state index is 0.0187. The molecule has 1 heterocycles. The number of aryl methyl sites for hydroxylation is 1. The molecule has 0 radical (unpaired) electrons. The lowest BCUT2D eigenvalue weighted by molar-refractivity contribution is -0.130. The van der Waals surface area contributed by atoms with Crippen molar-refractivity contribution in [3.05, 3.63) is 34.2 Å². The summed E-state index contributed by atoms with van der Waals surface area (Å²) < 4.78 is 1.50. The molecule has 0 aliphatic carbocycles. The van der Waals surface area contributed by atoms with Crippen LogP contribution in [0.5, 0.6) is 0 Å². The van der Waals surface area contributed by atoms with E-state index in [1.165, 1.54) is 10.6 Å². The summed E-state index contributed by atoms with van der Waals surface area (Å²) in [5.41, 5.74) is 0.692. The Morgan fingerprint density at radius 2 is 2.12 bits per heavy atom.